The van der Waals surface area contributed by atoms with Gasteiger partial charge in [0.05, 0.1) is 0 Å². The number of carbonyl (C=O) groups excluding carboxylic acids is 1. The molecule has 0 amide bonds. The molecular weight excluding hydrogens is 88.1 g/mol. The number of carbonyl (C=O) groups is 1. The summed E-state index contributed by atoms with van der Waals surface area (Å²) in [5.41, 5.74) is 0.349. The van der Waals surface area contributed by atoms with E-state index in [1.807, 2.05) is 0 Å². The van der Waals surface area contributed by atoms with E-state index in [1.165, 1.54) is 0 Å². The summed E-state index contributed by atoms with van der Waals surface area (Å²) in [6.07, 6.45) is 2.15. The fourth-order valence-corrected chi connectivity index (χ4v) is 0.740. The Morgan fingerprint density at radius 2 is 2.14 bits per heavy atom. The Kier molecular flexibility index (Phi) is 0.748. The van der Waals surface area contributed by atoms with Gasteiger partial charge < -0.3 is 4.79 Å². The van der Waals surface area contributed by atoms with E-state index in [9.17, 15) is 4.79 Å². The Balaban J connectivity index is 2.44. The summed E-state index contributed by atoms with van der Waals surface area (Å²) in [6, 6.07) is 0. The summed E-state index contributed by atoms with van der Waals surface area (Å²) in [4.78, 5) is 9.98. The van der Waals surface area contributed by atoms with Crippen molar-refractivity contribution in [3.8, 4) is 0 Å². The molecule has 0 aromatic carbocycles. The van der Waals surface area contributed by atoms with E-state index in [-0.39, 0.29) is 0 Å². The molecule has 0 heterocycles. The molecule has 1 heteroatoms. The molecule has 0 aliphatic heterocycles. The summed E-state index contributed by atoms with van der Waals surface area (Å²) in [5.74, 6) is 0.368. The minimum Gasteiger partial charge on any atom is -0.303 e. The van der Waals surface area contributed by atoms with Crippen LogP contribution in [0.4, 0.5) is 0 Å². The highest BCUT2D eigenvalue weighted by atomic mass is 16.1. The maximum Gasteiger partial charge on any atom is 0.123 e. The van der Waals surface area contributed by atoms with Gasteiger partial charge in [-0.25, -0.2) is 0 Å². The molecule has 1 unspecified atom stereocenters. The minimum absolute atomic E-state index is 0.349. The van der Waals surface area contributed by atoms with E-state index in [0.717, 1.165) is 12.7 Å². The fourth-order valence-electron chi connectivity index (χ4n) is 0.740. The predicted octanol–water partition coefficient (Wildman–Crippen LogP) is 1.23. The Bertz CT molecular complexity index is 94.4. The van der Waals surface area contributed by atoms with Crippen molar-refractivity contribution in [3.63, 3.8) is 0 Å². The van der Waals surface area contributed by atoms with Gasteiger partial charge in [-0.05, 0) is 11.8 Å². The molecule has 1 rings (SSSR count). The second-order valence-corrected chi connectivity index (χ2v) is 2.94. The van der Waals surface area contributed by atoms with Crippen LogP contribution in [0.5, 0.6) is 0 Å². The summed E-state index contributed by atoms with van der Waals surface area (Å²) in [5, 5.41) is 0. The van der Waals surface area contributed by atoms with Crippen LogP contribution in [0, 0.1) is 11.3 Å². The van der Waals surface area contributed by atoms with Gasteiger partial charge in [0.2, 0.25) is 0 Å². The third-order valence-electron chi connectivity index (χ3n) is 1.75. The third-order valence-corrected chi connectivity index (χ3v) is 1.75. The quantitative estimate of drug-likeness (QED) is 0.451. The van der Waals surface area contributed by atoms with E-state index in [0.29, 0.717) is 11.3 Å². The summed E-state index contributed by atoms with van der Waals surface area (Å²) in [6.45, 7) is 4.23. The van der Waals surface area contributed by atoms with Crippen LogP contribution in [0.1, 0.15) is 20.3 Å². The molecule has 0 aromatic rings. The van der Waals surface area contributed by atoms with Gasteiger partial charge in [-0.15, -0.1) is 0 Å². The molecule has 1 aliphatic rings. The molecule has 0 aromatic heterocycles. The molecule has 1 saturated carbocycles. The minimum atomic E-state index is 0.349. The van der Waals surface area contributed by atoms with Crippen LogP contribution in [-0.4, -0.2) is 6.29 Å². The lowest BCUT2D eigenvalue weighted by atomic mass is 10.1. The van der Waals surface area contributed by atoms with E-state index in [1.54, 1.807) is 0 Å². The first-order chi connectivity index (χ1) is 3.17. The second-order valence-electron chi connectivity index (χ2n) is 2.94. The topological polar surface area (TPSA) is 17.1 Å². The highest BCUT2D eigenvalue weighted by molar-refractivity contribution is 5.59. The molecule has 1 nitrogen and oxygen atoms in total. The zero-order valence-electron chi connectivity index (χ0n) is 4.77. The SMILES string of the molecule is CC1(C)CC1C=O. The highest BCUT2D eigenvalue weighted by Gasteiger charge is 2.45. The Morgan fingerprint density at radius 1 is 1.71 bits per heavy atom. The van der Waals surface area contributed by atoms with Crippen molar-refractivity contribution in [2.45, 2.75) is 20.3 Å². The van der Waals surface area contributed by atoms with Crippen LogP contribution in [0.2, 0.25) is 0 Å². The standard InChI is InChI=1S/C6H10O/c1-6(2)3-5(6)4-7/h4-5H,3H2,1-2H3. The zero-order valence-corrected chi connectivity index (χ0v) is 4.77. The first-order valence-corrected chi connectivity index (χ1v) is 2.62. The first-order valence-electron chi connectivity index (χ1n) is 2.62. The van der Waals surface area contributed by atoms with Crippen molar-refractivity contribution in [3.05, 3.63) is 0 Å². The van der Waals surface area contributed by atoms with Crippen LogP contribution in [0.25, 0.3) is 0 Å². The predicted molar refractivity (Wildman–Crippen MR) is 28.0 cm³/mol. The smallest absolute Gasteiger partial charge is 0.123 e. The molecule has 0 spiro atoms. The van der Waals surface area contributed by atoms with E-state index in [2.05, 4.69) is 13.8 Å². The normalized spacial score (nSPS) is 34.9. The van der Waals surface area contributed by atoms with Crippen LogP contribution in [0.15, 0.2) is 0 Å². The average molecular weight is 98.1 g/mol. The van der Waals surface area contributed by atoms with E-state index >= 15 is 0 Å². The van der Waals surface area contributed by atoms with Crippen LogP contribution in [-0.2, 0) is 4.79 Å². The first kappa shape index (κ1) is 4.82. The second kappa shape index (κ2) is 1.09. The largest absolute Gasteiger partial charge is 0.303 e. The zero-order chi connectivity index (χ0) is 5.49. The van der Waals surface area contributed by atoms with Crippen LogP contribution in [0.3, 0.4) is 0 Å². The van der Waals surface area contributed by atoms with Gasteiger partial charge in [-0.1, -0.05) is 13.8 Å². The van der Waals surface area contributed by atoms with Gasteiger partial charge in [-0.3, -0.25) is 0 Å². The number of aldehydes is 1. The van der Waals surface area contributed by atoms with E-state index < -0.39 is 0 Å². The maximum absolute atomic E-state index is 9.98. The lowest BCUT2D eigenvalue weighted by molar-refractivity contribution is -0.109. The average Bonchev–Trinajstić information content (AvgIpc) is 2.13. The summed E-state index contributed by atoms with van der Waals surface area (Å²) < 4.78 is 0. The van der Waals surface area contributed by atoms with Gasteiger partial charge in [0.15, 0.2) is 0 Å². The van der Waals surface area contributed by atoms with Crippen molar-refractivity contribution in [2.24, 2.45) is 11.3 Å². The van der Waals surface area contributed by atoms with Crippen molar-refractivity contribution in [2.75, 3.05) is 0 Å². The molecule has 0 saturated heterocycles. The van der Waals surface area contributed by atoms with Crippen LogP contribution < -0.4 is 0 Å². The van der Waals surface area contributed by atoms with Gasteiger partial charge in [0.25, 0.3) is 0 Å². The monoisotopic (exact) mass is 98.1 g/mol. The van der Waals surface area contributed by atoms with Gasteiger partial charge in [0, 0.05) is 5.92 Å². The third kappa shape index (κ3) is 0.671. The molecule has 1 atom stereocenters. The number of hydrogen-bond acceptors (Lipinski definition) is 1. The Hall–Kier alpha value is -0.330. The molecule has 40 valence electrons. The van der Waals surface area contributed by atoms with E-state index in [4.69, 9.17) is 0 Å². The van der Waals surface area contributed by atoms with Gasteiger partial charge >= 0.3 is 0 Å². The lowest BCUT2D eigenvalue weighted by Gasteiger charge is -1.91. The molecule has 7 heavy (non-hydrogen) atoms. The van der Waals surface area contributed by atoms with Gasteiger partial charge in [-0.2, -0.15) is 0 Å². The van der Waals surface area contributed by atoms with Crippen LogP contribution >= 0.6 is 0 Å². The molecular formula is C6H10O. The molecule has 0 N–H and O–H groups in total. The Morgan fingerprint density at radius 3 is 2.14 bits per heavy atom. The fraction of sp³-hybridized carbons (Fsp3) is 0.833. The Labute approximate surface area is 43.7 Å². The molecule has 0 bridgehead atoms. The summed E-state index contributed by atoms with van der Waals surface area (Å²) in [7, 11) is 0. The van der Waals surface area contributed by atoms with Gasteiger partial charge in [0.1, 0.15) is 6.29 Å². The molecule has 1 aliphatic carbocycles. The van der Waals surface area contributed by atoms with Crippen molar-refractivity contribution in [1.82, 2.24) is 0 Å². The number of rotatable bonds is 1. The highest BCUT2D eigenvalue weighted by Crippen LogP contribution is 2.49. The molecule has 1 fully saturated rings. The maximum atomic E-state index is 9.98. The van der Waals surface area contributed by atoms with Crippen molar-refractivity contribution in [1.29, 1.82) is 0 Å². The van der Waals surface area contributed by atoms with Crippen molar-refractivity contribution >= 4 is 6.29 Å². The van der Waals surface area contributed by atoms with Crippen molar-refractivity contribution < 1.29 is 4.79 Å². The summed E-state index contributed by atoms with van der Waals surface area (Å²) >= 11 is 0. The lowest BCUT2D eigenvalue weighted by Crippen LogP contribution is -1.88. The number of hydrogen-bond donors (Lipinski definition) is 0. The molecule has 0 radical (unpaired) electrons.